The third-order valence-electron chi connectivity index (χ3n) is 4.57. The predicted octanol–water partition coefficient (Wildman–Crippen LogP) is 2.73. The zero-order valence-electron chi connectivity index (χ0n) is 15.3. The van der Waals surface area contributed by atoms with Crippen molar-refractivity contribution in [2.45, 2.75) is 6.54 Å². The fourth-order valence-electron chi connectivity index (χ4n) is 3.10. The number of anilines is 1. The van der Waals surface area contributed by atoms with Gasteiger partial charge >= 0.3 is 0 Å². The van der Waals surface area contributed by atoms with Crippen molar-refractivity contribution >= 4 is 29.2 Å². The van der Waals surface area contributed by atoms with Crippen LogP contribution in [0.3, 0.4) is 0 Å². The number of hydrogen-bond donors (Lipinski definition) is 2. The number of thiocarbonyl (C=S) groups is 1. The van der Waals surface area contributed by atoms with Crippen LogP contribution in [-0.4, -0.2) is 42.4 Å². The van der Waals surface area contributed by atoms with Gasteiger partial charge in [0.05, 0.1) is 11.9 Å². The lowest BCUT2D eigenvalue weighted by Crippen LogP contribution is -2.46. The number of hydrazone groups is 1. The summed E-state index contributed by atoms with van der Waals surface area (Å²) in [6.07, 6.45) is 1.09. The molecular weight excluding hydrogens is 406 g/mol. The van der Waals surface area contributed by atoms with E-state index >= 15 is 0 Å². The van der Waals surface area contributed by atoms with Crippen molar-refractivity contribution in [3.05, 3.63) is 64.7 Å². The summed E-state index contributed by atoms with van der Waals surface area (Å²) < 4.78 is 55.6. The van der Waals surface area contributed by atoms with Gasteiger partial charge in [-0.2, -0.15) is 5.10 Å². The standard InChI is InChI=1S/C19H19F4N5S/c20-14-2-1-12(15(21)8-14)11-27-3-5-28(6-4-27)18-9-16(22)13(7-17(18)23)10-25-26-19(24)29/h1-2,7-10H,3-6,11H2,(H3,24,26,29). The van der Waals surface area contributed by atoms with Crippen LogP contribution >= 0.6 is 12.2 Å². The number of hydrogen-bond acceptors (Lipinski definition) is 4. The molecule has 3 N–H and O–H groups in total. The second-order valence-corrected chi connectivity index (χ2v) is 7.00. The van der Waals surface area contributed by atoms with Crippen molar-refractivity contribution < 1.29 is 17.6 Å². The zero-order valence-corrected chi connectivity index (χ0v) is 16.2. The Morgan fingerprint density at radius 2 is 1.76 bits per heavy atom. The van der Waals surface area contributed by atoms with E-state index in [2.05, 4.69) is 22.7 Å². The summed E-state index contributed by atoms with van der Waals surface area (Å²) in [5.41, 5.74) is 7.99. The first-order chi connectivity index (χ1) is 13.8. The molecule has 0 spiro atoms. The summed E-state index contributed by atoms with van der Waals surface area (Å²) in [4.78, 5) is 3.70. The number of piperazine rings is 1. The van der Waals surface area contributed by atoms with Crippen LogP contribution in [0.4, 0.5) is 23.2 Å². The number of rotatable bonds is 5. The average molecular weight is 425 g/mol. The lowest BCUT2D eigenvalue weighted by atomic mass is 10.1. The summed E-state index contributed by atoms with van der Waals surface area (Å²) in [7, 11) is 0. The number of nitrogens with one attached hydrogen (secondary N) is 1. The van der Waals surface area contributed by atoms with E-state index in [1.54, 1.807) is 4.90 Å². The van der Waals surface area contributed by atoms with Gasteiger partial charge in [-0.15, -0.1) is 0 Å². The van der Waals surface area contributed by atoms with Crippen LogP contribution in [-0.2, 0) is 6.54 Å². The van der Waals surface area contributed by atoms with Crippen molar-refractivity contribution in [2.75, 3.05) is 31.1 Å². The topological polar surface area (TPSA) is 56.9 Å². The Bertz CT molecular complexity index is 929. The molecule has 0 amide bonds. The maximum Gasteiger partial charge on any atom is 0.184 e. The van der Waals surface area contributed by atoms with Gasteiger partial charge in [0.15, 0.2) is 5.11 Å². The molecule has 0 aliphatic carbocycles. The van der Waals surface area contributed by atoms with Crippen LogP contribution < -0.4 is 16.1 Å². The first kappa shape index (κ1) is 21.0. The lowest BCUT2D eigenvalue weighted by Gasteiger charge is -2.36. The maximum absolute atomic E-state index is 14.5. The summed E-state index contributed by atoms with van der Waals surface area (Å²) in [6, 6.07) is 5.65. The number of nitrogens with zero attached hydrogens (tertiary/aromatic N) is 3. The predicted molar refractivity (Wildman–Crippen MR) is 108 cm³/mol. The molecule has 1 fully saturated rings. The van der Waals surface area contributed by atoms with Crippen LogP contribution in [0.2, 0.25) is 0 Å². The molecule has 0 unspecified atom stereocenters. The number of halogens is 4. The third-order valence-corrected chi connectivity index (χ3v) is 4.66. The molecule has 1 heterocycles. The second-order valence-electron chi connectivity index (χ2n) is 6.56. The third kappa shape index (κ3) is 5.42. The Hall–Kier alpha value is -2.72. The van der Waals surface area contributed by atoms with Crippen molar-refractivity contribution in [2.24, 2.45) is 10.8 Å². The number of benzene rings is 2. The molecule has 2 aromatic rings. The Balaban J connectivity index is 1.63. The van der Waals surface area contributed by atoms with Gasteiger partial charge in [-0.05, 0) is 24.4 Å². The van der Waals surface area contributed by atoms with Crippen LogP contribution in [0, 0.1) is 23.3 Å². The molecule has 1 aliphatic rings. The van der Waals surface area contributed by atoms with Crippen molar-refractivity contribution in [3.8, 4) is 0 Å². The van der Waals surface area contributed by atoms with E-state index in [-0.39, 0.29) is 16.4 Å². The van der Waals surface area contributed by atoms with Crippen LogP contribution in [0.5, 0.6) is 0 Å². The van der Waals surface area contributed by atoms with Gasteiger partial charge in [-0.3, -0.25) is 10.3 Å². The highest BCUT2D eigenvalue weighted by atomic mass is 32.1. The summed E-state index contributed by atoms with van der Waals surface area (Å²) in [5, 5.41) is 3.54. The van der Waals surface area contributed by atoms with Crippen LogP contribution in [0.15, 0.2) is 35.4 Å². The highest BCUT2D eigenvalue weighted by Crippen LogP contribution is 2.24. The molecule has 0 aromatic heterocycles. The summed E-state index contributed by atoms with van der Waals surface area (Å²) in [5.74, 6) is -2.43. The van der Waals surface area contributed by atoms with E-state index in [4.69, 9.17) is 5.73 Å². The molecule has 0 saturated carbocycles. The largest absolute Gasteiger partial charge is 0.375 e. The molecular formula is C19H19F4N5S. The van der Waals surface area contributed by atoms with Crippen molar-refractivity contribution in [1.82, 2.24) is 10.3 Å². The molecule has 0 atom stereocenters. The van der Waals surface area contributed by atoms with Gasteiger partial charge in [0.2, 0.25) is 0 Å². The monoisotopic (exact) mass is 425 g/mol. The fourth-order valence-corrected chi connectivity index (χ4v) is 3.15. The molecule has 3 rings (SSSR count). The molecule has 1 saturated heterocycles. The summed E-state index contributed by atoms with van der Waals surface area (Å²) in [6.45, 7) is 2.26. The molecule has 1 aliphatic heterocycles. The van der Waals surface area contributed by atoms with E-state index in [1.807, 2.05) is 4.90 Å². The molecule has 0 radical (unpaired) electrons. The van der Waals surface area contributed by atoms with E-state index in [0.717, 1.165) is 24.4 Å². The first-order valence-electron chi connectivity index (χ1n) is 8.82. The van der Waals surface area contributed by atoms with Gasteiger partial charge in [0, 0.05) is 56.0 Å². The van der Waals surface area contributed by atoms with Gasteiger partial charge in [0.25, 0.3) is 0 Å². The molecule has 154 valence electrons. The molecule has 10 heteroatoms. The minimum Gasteiger partial charge on any atom is -0.375 e. The second kappa shape index (κ2) is 9.19. The Kier molecular flexibility index (Phi) is 6.65. The number of nitrogens with two attached hydrogens (primary N) is 1. The van der Waals surface area contributed by atoms with Gasteiger partial charge < -0.3 is 10.6 Å². The summed E-state index contributed by atoms with van der Waals surface area (Å²) >= 11 is 4.58. The van der Waals surface area contributed by atoms with Crippen LogP contribution in [0.25, 0.3) is 0 Å². The Morgan fingerprint density at radius 3 is 2.41 bits per heavy atom. The van der Waals surface area contributed by atoms with Gasteiger partial charge in [0.1, 0.15) is 23.3 Å². The molecule has 29 heavy (non-hydrogen) atoms. The van der Waals surface area contributed by atoms with Gasteiger partial charge in [-0.1, -0.05) is 6.07 Å². The highest BCUT2D eigenvalue weighted by Gasteiger charge is 2.22. The zero-order chi connectivity index (χ0) is 21.0. The first-order valence-corrected chi connectivity index (χ1v) is 9.23. The van der Waals surface area contributed by atoms with Crippen molar-refractivity contribution in [3.63, 3.8) is 0 Å². The van der Waals surface area contributed by atoms with E-state index in [0.29, 0.717) is 38.3 Å². The normalized spacial score (nSPS) is 15.1. The molecule has 5 nitrogen and oxygen atoms in total. The minimum atomic E-state index is -0.634. The van der Waals surface area contributed by atoms with Gasteiger partial charge in [-0.25, -0.2) is 17.6 Å². The smallest absolute Gasteiger partial charge is 0.184 e. The SMILES string of the molecule is NC(=S)NN=Cc1cc(F)c(N2CCN(Cc3ccc(F)cc3F)CC2)cc1F. The van der Waals surface area contributed by atoms with E-state index in [1.165, 1.54) is 12.1 Å². The molecule has 2 aromatic carbocycles. The fraction of sp³-hybridized carbons (Fsp3) is 0.263. The van der Waals surface area contributed by atoms with E-state index in [9.17, 15) is 17.6 Å². The maximum atomic E-state index is 14.5. The van der Waals surface area contributed by atoms with Crippen molar-refractivity contribution in [1.29, 1.82) is 0 Å². The minimum absolute atomic E-state index is 0.0413. The average Bonchev–Trinajstić information content (AvgIpc) is 2.67. The molecule has 0 bridgehead atoms. The van der Waals surface area contributed by atoms with Crippen LogP contribution in [0.1, 0.15) is 11.1 Å². The quantitative estimate of drug-likeness (QED) is 0.334. The lowest BCUT2D eigenvalue weighted by molar-refractivity contribution is 0.246. The highest BCUT2D eigenvalue weighted by molar-refractivity contribution is 7.80. The Labute approximate surface area is 170 Å². The Morgan fingerprint density at radius 1 is 1.03 bits per heavy atom. The van der Waals surface area contributed by atoms with E-state index < -0.39 is 23.3 Å².